The fourth-order valence-corrected chi connectivity index (χ4v) is 2.10. The minimum Gasteiger partial charge on any atom is -0.390 e. The number of hydrogen-bond acceptors (Lipinski definition) is 1. The Morgan fingerprint density at radius 1 is 1.20 bits per heavy atom. The molecule has 1 heteroatoms. The molecule has 58 valence electrons. The van der Waals surface area contributed by atoms with Crippen molar-refractivity contribution in [1.29, 1.82) is 0 Å². The standard InChI is InChI=1S/C9H16O/c10-9(5-1-2-6-9)7-8-3-4-8/h8,10H,1-7H2. The van der Waals surface area contributed by atoms with Crippen LogP contribution in [0.3, 0.4) is 0 Å². The molecule has 0 spiro atoms. The molecule has 2 fully saturated rings. The van der Waals surface area contributed by atoms with Gasteiger partial charge in [-0.1, -0.05) is 25.7 Å². The third-order valence-electron chi connectivity index (χ3n) is 2.90. The van der Waals surface area contributed by atoms with Crippen molar-refractivity contribution in [2.45, 2.75) is 50.5 Å². The molecule has 0 atom stereocenters. The Kier molecular flexibility index (Phi) is 1.48. The van der Waals surface area contributed by atoms with Gasteiger partial charge in [0.15, 0.2) is 0 Å². The van der Waals surface area contributed by atoms with Gasteiger partial charge in [0, 0.05) is 0 Å². The smallest absolute Gasteiger partial charge is 0.0650 e. The summed E-state index contributed by atoms with van der Waals surface area (Å²) in [6.07, 6.45) is 8.51. The van der Waals surface area contributed by atoms with E-state index in [4.69, 9.17) is 0 Å². The fraction of sp³-hybridized carbons (Fsp3) is 1.00. The Morgan fingerprint density at radius 3 is 2.30 bits per heavy atom. The van der Waals surface area contributed by atoms with E-state index >= 15 is 0 Å². The van der Waals surface area contributed by atoms with Crippen molar-refractivity contribution in [3.8, 4) is 0 Å². The van der Waals surface area contributed by atoms with Gasteiger partial charge in [-0.2, -0.15) is 0 Å². The first-order valence-corrected chi connectivity index (χ1v) is 4.51. The van der Waals surface area contributed by atoms with E-state index in [1.807, 2.05) is 0 Å². The van der Waals surface area contributed by atoms with E-state index < -0.39 is 0 Å². The molecule has 10 heavy (non-hydrogen) atoms. The maximum Gasteiger partial charge on any atom is 0.0650 e. The Hall–Kier alpha value is -0.0400. The average Bonchev–Trinajstić information content (AvgIpc) is 2.56. The Morgan fingerprint density at radius 2 is 1.80 bits per heavy atom. The summed E-state index contributed by atoms with van der Waals surface area (Å²) >= 11 is 0. The van der Waals surface area contributed by atoms with Crippen molar-refractivity contribution in [2.24, 2.45) is 5.92 Å². The van der Waals surface area contributed by atoms with Crippen molar-refractivity contribution in [2.75, 3.05) is 0 Å². The van der Waals surface area contributed by atoms with Crippen LogP contribution in [0.2, 0.25) is 0 Å². The lowest BCUT2D eigenvalue weighted by Crippen LogP contribution is -2.24. The predicted octanol–water partition coefficient (Wildman–Crippen LogP) is 2.09. The van der Waals surface area contributed by atoms with Gasteiger partial charge in [0.05, 0.1) is 5.60 Å². The summed E-state index contributed by atoms with van der Waals surface area (Å²) in [6, 6.07) is 0. The third kappa shape index (κ3) is 1.34. The molecule has 0 aromatic rings. The van der Waals surface area contributed by atoms with E-state index in [0.29, 0.717) is 0 Å². The largest absolute Gasteiger partial charge is 0.390 e. The van der Waals surface area contributed by atoms with Gasteiger partial charge in [-0.25, -0.2) is 0 Å². The van der Waals surface area contributed by atoms with Gasteiger partial charge in [-0.3, -0.25) is 0 Å². The predicted molar refractivity (Wildman–Crippen MR) is 40.8 cm³/mol. The first-order chi connectivity index (χ1) is 4.79. The maximum atomic E-state index is 9.90. The van der Waals surface area contributed by atoms with Crippen molar-refractivity contribution < 1.29 is 5.11 Å². The average molecular weight is 140 g/mol. The summed E-state index contributed by atoms with van der Waals surface area (Å²) in [5, 5.41) is 9.90. The molecule has 1 nitrogen and oxygen atoms in total. The van der Waals surface area contributed by atoms with Gasteiger partial charge in [0.1, 0.15) is 0 Å². The van der Waals surface area contributed by atoms with Crippen LogP contribution in [0, 0.1) is 5.92 Å². The van der Waals surface area contributed by atoms with E-state index in [0.717, 1.165) is 25.2 Å². The number of rotatable bonds is 2. The molecule has 2 saturated carbocycles. The van der Waals surface area contributed by atoms with Gasteiger partial charge in [0.25, 0.3) is 0 Å². The zero-order chi connectivity index (χ0) is 7.03. The highest BCUT2D eigenvalue weighted by Gasteiger charge is 2.37. The molecule has 2 rings (SSSR count). The second-order valence-electron chi connectivity index (χ2n) is 4.08. The molecule has 0 amide bonds. The summed E-state index contributed by atoms with van der Waals surface area (Å²) in [5.74, 6) is 0.892. The van der Waals surface area contributed by atoms with E-state index in [9.17, 15) is 5.11 Å². The SMILES string of the molecule is OC1(CC2CC2)CCCC1. The Bertz CT molecular complexity index is 121. The zero-order valence-corrected chi connectivity index (χ0v) is 6.47. The van der Waals surface area contributed by atoms with Crippen molar-refractivity contribution >= 4 is 0 Å². The fourth-order valence-electron chi connectivity index (χ4n) is 2.10. The lowest BCUT2D eigenvalue weighted by atomic mass is 9.95. The lowest BCUT2D eigenvalue weighted by molar-refractivity contribution is 0.0332. The third-order valence-corrected chi connectivity index (χ3v) is 2.90. The molecule has 0 unspecified atom stereocenters. The minimum atomic E-state index is -0.221. The van der Waals surface area contributed by atoms with Crippen LogP contribution in [-0.2, 0) is 0 Å². The van der Waals surface area contributed by atoms with Crippen LogP contribution in [0.1, 0.15) is 44.9 Å². The number of aliphatic hydroxyl groups is 1. The molecule has 0 saturated heterocycles. The minimum absolute atomic E-state index is 0.221. The highest BCUT2D eigenvalue weighted by Crippen LogP contribution is 2.42. The first-order valence-electron chi connectivity index (χ1n) is 4.51. The highest BCUT2D eigenvalue weighted by molar-refractivity contribution is 4.90. The summed E-state index contributed by atoms with van der Waals surface area (Å²) < 4.78 is 0. The van der Waals surface area contributed by atoms with Crippen LogP contribution in [0.5, 0.6) is 0 Å². The van der Waals surface area contributed by atoms with Crippen LogP contribution in [0.15, 0.2) is 0 Å². The quantitative estimate of drug-likeness (QED) is 0.622. The van der Waals surface area contributed by atoms with Crippen LogP contribution in [0.25, 0.3) is 0 Å². The van der Waals surface area contributed by atoms with Gasteiger partial charge < -0.3 is 5.11 Å². The highest BCUT2D eigenvalue weighted by atomic mass is 16.3. The molecule has 0 bridgehead atoms. The van der Waals surface area contributed by atoms with E-state index in [-0.39, 0.29) is 5.60 Å². The molecular weight excluding hydrogens is 124 g/mol. The molecule has 2 aliphatic rings. The van der Waals surface area contributed by atoms with Gasteiger partial charge in [-0.15, -0.1) is 0 Å². The Balaban J connectivity index is 1.86. The molecule has 0 heterocycles. The molecule has 0 radical (unpaired) electrons. The van der Waals surface area contributed by atoms with Crippen LogP contribution in [-0.4, -0.2) is 10.7 Å². The van der Waals surface area contributed by atoms with Gasteiger partial charge in [-0.05, 0) is 25.2 Å². The molecule has 0 aromatic carbocycles. The lowest BCUT2D eigenvalue weighted by Gasteiger charge is -2.21. The molecule has 2 aliphatic carbocycles. The van der Waals surface area contributed by atoms with Gasteiger partial charge >= 0.3 is 0 Å². The van der Waals surface area contributed by atoms with E-state index in [2.05, 4.69) is 0 Å². The molecular formula is C9H16O. The maximum absolute atomic E-state index is 9.90. The second-order valence-corrected chi connectivity index (χ2v) is 4.08. The van der Waals surface area contributed by atoms with Crippen molar-refractivity contribution in [3.05, 3.63) is 0 Å². The van der Waals surface area contributed by atoms with Crippen LogP contribution < -0.4 is 0 Å². The summed E-state index contributed by atoms with van der Waals surface area (Å²) in [5.41, 5.74) is -0.221. The zero-order valence-electron chi connectivity index (χ0n) is 6.47. The molecule has 0 aliphatic heterocycles. The second kappa shape index (κ2) is 2.23. The first kappa shape index (κ1) is 6.66. The number of hydrogen-bond donors (Lipinski definition) is 1. The van der Waals surface area contributed by atoms with Crippen molar-refractivity contribution in [1.82, 2.24) is 0 Å². The van der Waals surface area contributed by atoms with E-state index in [1.165, 1.54) is 25.7 Å². The summed E-state index contributed by atoms with van der Waals surface area (Å²) in [4.78, 5) is 0. The molecule has 0 aromatic heterocycles. The van der Waals surface area contributed by atoms with Crippen LogP contribution >= 0.6 is 0 Å². The summed E-state index contributed by atoms with van der Waals surface area (Å²) in [6.45, 7) is 0. The Labute approximate surface area is 62.4 Å². The topological polar surface area (TPSA) is 20.2 Å². The normalized spacial score (nSPS) is 30.9. The molecule has 1 N–H and O–H groups in total. The van der Waals surface area contributed by atoms with E-state index in [1.54, 1.807) is 0 Å². The van der Waals surface area contributed by atoms with Gasteiger partial charge in [0.2, 0.25) is 0 Å². The monoisotopic (exact) mass is 140 g/mol. The summed E-state index contributed by atoms with van der Waals surface area (Å²) in [7, 11) is 0. The van der Waals surface area contributed by atoms with Crippen molar-refractivity contribution in [3.63, 3.8) is 0 Å². The van der Waals surface area contributed by atoms with Crippen LogP contribution in [0.4, 0.5) is 0 Å².